The van der Waals surface area contributed by atoms with Gasteiger partial charge in [-0.2, -0.15) is 0 Å². The van der Waals surface area contributed by atoms with Gasteiger partial charge < -0.3 is 14.2 Å². The zero-order chi connectivity index (χ0) is 18.0. The summed E-state index contributed by atoms with van der Waals surface area (Å²) in [5.41, 5.74) is 1.07. The molecule has 0 saturated carbocycles. The zero-order valence-electron chi connectivity index (χ0n) is 14.0. The van der Waals surface area contributed by atoms with Crippen LogP contribution in [0.3, 0.4) is 0 Å². The van der Waals surface area contributed by atoms with Gasteiger partial charge in [-0.25, -0.2) is 9.18 Å². The van der Waals surface area contributed by atoms with Crippen LogP contribution in [-0.2, 0) is 22.6 Å². The maximum Gasteiger partial charge on any atom is 0.344 e. The molecule has 1 aliphatic heterocycles. The Balaban J connectivity index is 1.56. The second-order valence-electron chi connectivity index (χ2n) is 6.47. The molecule has 1 aliphatic rings. The minimum absolute atomic E-state index is 0.141. The molecule has 0 radical (unpaired) electrons. The Labute approximate surface area is 154 Å². The summed E-state index contributed by atoms with van der Waals surface area (Å²) in [6.45, 7) is 3.59. The standard InChI is InChI=1S/C19H18BrFO4/c1-19(2)9-12-4-3-5-16(18(12)25-19)23-11-17(22)24-10-13-6-7-14(20)8-15(13)21/h3-8H,9-11H2,1-2H3. The summed E-state index contributed by atoms with van der Waals surface area (Å²) in [7, 11) is 0. The number of hydrogen-bond acceptors (Lipinski definition) is 4. The van der Waals surface area contributed by atoms with Crippen molar-refractivity contribution < 1.29 is 23.4 Å². The van der Waals surface area contributed by atoms with Gasteiger partial charge in [0, 0.05) is 22.0 Å². The van der Waals surface area contributed by atoms with Crippen LogP contribution < -0.4 is 9.47 Å². The monoisotopic (exact) mass is 408 g/mol. The summed E-state index contributed by atoms with van der Waals surface area (Å²) in [4.78, 5) is 11.9. The van der Waals surface area contributed by atoms with E-state index in [4.69, 9.17) is 14.2 Å². The molecule has 0 amide bonds. The van der Waals surface area contributed by atoms with E-state index in [-0.39, 0.29) is 18.8 Å². The molecule has 0 spiro atoms. The fourth-order valence-corrected chi connectivity index (χ4v) is 3.01. The van der Waals surface area contributed by atoms with Crippen molar-refractivity contribution in [1.29, 1.82) is 0 Å². The highest BCUT2D eigenvalue weighted by molar-refractivity contribution is 9.10. The maximum absolute atomic E-state index is 13.7. The highest BCUT2D eigenvalue weighted by atomic mass is 79.9. The van der Waals surface area contributed by atoms with Gasteiger partial charge in [0.05, 0.1) is 0 Å². The van der Waals surface area contributed by atoms with Crippen molar-refractivity contribution in [2.45, 2.75) is 32.5 Å². The second-order valence-corrected chi connectivity index (χ2v) is 7.38. The van der Waals surface area contributed by atoms with Crippen LogP contribution in [0, 0.1) is 5.82 Å². The Bertz CT molecular complexity index is 804. The molecule has 0 aromatic heterocycles. The minimum atomic E-state index is -0.572. The number of halogens is 2. The first-order chi connectivity index (χ1) is 11.8. The molecule has 0 bridgehead atoms. The molecule has 3 rings (SSSR count). The summed E-state index contributed by atoms with van der Waals surface area (Å²) >= 11 is 3.18. The van der Waals surface area contributed by atoms with Crippen molar-refractivity contribution >= 4 is 21.9 Å². The number of fused-ring (bicyclic) bond motifs is 1. The second kappa shape index (κ2) is 7.04. The van der Waals surface area contributed by atoms with E-state index < -0.39 is 11.8 Å². The number of esters is 1. The highest BCUT2D eigenvalue weighted by Gasteiger charge is 2.32. The number of rotatable bonds is 5. The molecule has 0 fully saturated rings. The van der Waals surface area contributed by atoms with Crippen molar-refractivity contribution in [2.24, 2.45) is 0 Å². The summed E-state index contributed by atoms with van der Waals surface area (Å²) in [5.74, 6) is 0.172. The summed E-state index contributed by atoms with van der Waals surface area (Å²) in [6, 6.07) is 10.2. The fourth-order valence-electron chi connectivity index (χ4n) is 2.68. The van der Waals surface area contributed by atoms with Gasteiger partial charge >= 0.3 is 5.97 Å². The summed E-state index contributed by atoms with van der Waals surface area (Å²) in [5, 5.41) is 0. The van der Waals surface area contributed by atoms with Gasteiger partial charge in [-0.1, -0.05) is 34.1 Å². The average Bonchev–Trinajstić information content (AvgIpc) is 2.86. The number of ether oxygens (including phenoxy) is 3. The average molecular weight is 409 g/mol. The Morgan fingerprint density at radius 2 is 2.12 bits per heavy atom. The normalized spacial score (nSPS) is 14.6. The zero-order valence-corrected chi connectivity index (χ0v) is 15.6. The molecule has 2 aromatic rings. The first-order valence-corrected chi connectivity index (χ1v) is 8.67. The van der Waals surface area contributed by atoms with Crippen LogP contribution in [0.5, 0.6) is 11.5 Å². The third-order valence-corrected chi connectivity index (χ3v) is 4.30. The van der Waals surface area contributed by atoms with Crippen LogP contribution in [0.1, 0.15) is 25.0 Å². The van der Waals surface area contributed by atoms with E-state index in [9.17, 15) is 9.18 Å². The molecule has 25 heavy (non-hydrogen) atoms. The third kappa shape index (κ3) is 4.31. The Morgan fingerprint density at radius 1 is 1.32 bits per heavy atom. The van der Waals surface area contributed by atoms with Crippen molar-refractivity contribution in [1.82, 2.24) is 0 Å². The van der Waals surface area contributed by atoms with Crippen LogP contribution in [0.4, 0.5) is 4.39 Å². The molecule has 6 heteroatoms. The van der Waals surface area contributed by atoms with Crippen LogP contribution in [0.15, 0.2) is 40.9 Å². The summed E-state index contributed by atoms with van der Waals surface area (Å²) in [6.07, 6.45) is 0.785. The lowest BCUT2D eigenvalue weighted by atomic mass is 10.0. The van der Waals surface area contributed by atoms with Gasteiger partial charge in [0.15, 0.2) is 18.1 Å². The lowest BCUT2D eigenvalue weighted by Crippen LogP contribution is -2.24. The van der Waals surface area contributed by atoms with Gasteiger partial charge in [0.1, 0.15) is 18.0 Å². The van der Waals surface area contributed by atoms with Gasteiger partial charge in [0.2, 0.25) is 0 Å². The van der Waals surface area contributed by atoms with E-state index in [0.717, 1.165) is 12.0 Å². The van der Waals surface area contributed by atoms with Crippen molar-refractivity contribution in [3.05, 3.63) is 57.8 Å². The van der Waals surface area contributed by atoms with Crippen LogP contribution in [0.2, 0.25) is 0 Å². The molecule has 0 atom stereocenters. The molecule has 1 heterocycles. The van der Waals surface area contributed by atoms with E-state index in [0.29, 0.717) is 21.5 Å². The van der Waals surface area contributed by atoms with Crippen LogP contribution >= 0.6 is 15.9 Å². The lowest BCUT2D eigenvalue weighted by Gasteiger charge is -2.18. The van der Waals surface area contributed by atoms with Gasteiger partial charge in [0.25, 0.3) is 0 Å². The Hall–Kier alpha value is -2.08. The van der Waals surface area contributed by atoms with E-state index >= 15 is 0 Å². The molecular formula is C19H18BrFO4. The predicted octanol–water partition coefficient (Wildman–Crippen LogP) is 4.42. The predicted molar refractivity (Wildman–Crippen MR) is 94.2 cm³/mol. The molecule has 4 nitrogen and oxygen atoms in total. The van der Waals surface area contributed by atoms with Gasteiger partial charge in [-0.15, -0.1) is 0 Å². The van der Waals surface area contributed by atoms with E-state index in [2.05, 4.69) is 15.9 Å². The maximum atomic E-state index is 13.7. The van der Waals surface area contributed by atoms with Crippen LogP contribution in [-0.4, -0.2) is 18.2 Å². The fraction of sp³-hybridized carbons (Fsp3) is 0.316. The highest BCUT2D eigenvalue weighted by Crippen LogP contribution is 2.41. The number of carbonyl (C=O) groups is 1. The third-order valence-electron chi connectivity index (χ3n) is 3.80. The van der Waals surface area contributed by atoms with Crippen molar-refractivity contribution in [3.63, 3.8) is 0 Å². The summed E-state index contributed by atoms with van der Waals surface area (Å²) < 4.78 is 30.8. The minimum Gasteiger partial charge on any atom is -0.483 e. The molecular weight excluding hydrogens is 391 g/mol. The molecule has 0 N–H and O–H groups in total. The van der Waals surface area contributed by atoms with E-state index in [1.165, 1.54) is 6.07 Å². The Morgan fingerprint density at radius 3 is 2.88 bits per heavy atom. The van der Waals surface area contributed by atoms with Gasteiger partial charge in [-0.05, 0) is 32.0 Å². The quantitative estimate of drug-likeness (QED) is 0.686. The van der Waals surface area contributed by atoms with E-state index in [1.54, 1.807) is 18.2 Å². The van der Waals surface area contributed by atoms with Crippen LogP contribution in [0.25, 0.3) is 0 Å². The largest absolute Gasteiger partial charge is 0.483 e. The Kier molecular flexibility index (Phi) is 4.99. The molecule has 0 saturated heterocycles. The molecule has 2 aromatic carbocycles. The molecule has 0 unspecified atom stereocenters. The molecule has 132 valence electrons. The van der Waals surface area contributed by atoms with Crippen molar-refractivity contribution in [3.8, 4) is 11.5 Å². The first-order valence-electron chi connectivity index (χ1n) is 7.87. The molecule has 0 aliphatic carbocycles. The van der Waals surface area contributed by atoms with Crippen molar-refractivity contribution in [2.75, 3.05) is 6.61 Å². The topological polar surface area (TPSA) is 44.8 Å². The first kappa shape index (κ1) is 17.7. The number of benzene rings is 2. The number of para-hydroxylation sites is 1. The lowest BCUT2D eigenvalue weighted by molar-refractivity contribution is -0.147. The van der Waals surface area contributed by atoms with Gasteiger partial charge in [-0.3, -0.25) is 0 Å². The smallest absolute Gasteiger partial charge is 0.344 e. The number of carbonyl (C=O) groups excluding carboxylic acids is 1. The van der Waals surface area contributed by atoms with E-state index in [1.807, 2.05) is 26.0 Å². The SMILES string of the molecule is CC1(C)Cc2cccc(OCC(=O)OCc3ccc(Br)cc3F)c2O1. The number of hydrogen-bond donors (Lipinski definition) is 0.